The number of alkyl carbamates (subject to hydrolysis) is 1. The number of aryl methyl sites for hydroxylation is 1. The fourth-order valence-corrected chi connectivity index (χ4v) is 2.41. The largest absolute Gasteiger partial charge is 0.445 e. The van der Waals surface area contributed by atoms with Gasteiger partial charge in [0.25, 0.3) is 0 Å². The van der Waals surface area contributed by atoms with Crippen LogP contribution in [0.5, 0.6) is 0 Å². The number of nitrogens with one attached hydrogen (secondary N) is 2. The van der Waals surface area contributed by atoms with Crippen molar-refractivity contribution >= 4 is 23.6 Å². The number of amides is 3. The van der Waals surface area contributed by atoms with Gasteiger partial charge in [-0.25, -0.2) is 4.79 Å². The SMILES string of the molecule is Cc1cccc(NC(=O)[C@H](CCC(N)=O)NC(=O)OCc2ccccc2)c1. The molecule has 7 heteroatoms. The Hall–Kier alpha value is -3.35. The number of hydrogen-bond donors (Lipinski definition) is 3. The van der Waals surface area contributed by atoms with Crippen molar-refractivity contribution in [1.29, 1.82) is 0 Å². The first-order valence-electron chi connectivity index (χ1n) is 8.57. The van der Waals surface area contributed by atoms with Crippen molar-refractivity contribution < 1.29 is 19.1 Å². The van der Waals surface area contributed by atoms with Gasteiger partial charge in [-0.3, -0.25) is 9.59 Å². The Kier molecular flexibility index (Phi) is 7.37. The Morgan fingerprint density at radius 1 is 1.07 bits per heavy atom. The van der Waals surface area contributed by atoms with Gasteiger partial charge in [-0.15, -0.1) is 0 Å². The molecule has 7 nitrogen and oxygen atoms in total. The number of carbonyl (C=O) groups is 3. The maximum Gasteiger partial charge on any atom is 0.408 e. The summed E-state index contributed by atoms with van der Waals surface area (Å²) in [7, 11) is 0. The lowest BCUT2D eigenvalue weighted by molar-refractivity contribution is -0.119. The lowest BCUT2D eigenvalue weighted by atomic mass is 10.1. The van der Waals surface area contributed by atoms with Crippen LogP contribution in [-0.2, 0) is 20.9 Å². The molecule has 0 fully saturated rings. The van der Waals surface area contributed by atoms with Crippen molar-refractivity contribution in [3.8, 4) is 0 Å². The van der Waals surface area contributed by atoms with E-state index >= 15 is 0 Å². The van der Waals surface area contributed by atoms with Crippen LogP contribution in [0.3, 0.4) is 0 Å². The molecule has 0 aliphatic rings. The van der Waals surface area contributed by atoms with Crippen molar-refractivity contribution in [2.75, 3.05) is 5.32 Å². The van der Waals surface area contributed by atoms with Crippen molar-refractivity contribution in [1.82, 2.24) is 5.32 Å². The monoisotopic (exact) mass is 369 g/mol. The molecule has 0 unspecified atom stereocenters. The second-order valence-electron chi connectivity index (χ2n) is 6.12. The lowest BCUT2D eigenvalue weighted by Crippen LogP contribution is -2.44. The van der Waals surface area contributed by atoms with Crippen LogP contribution in [0.4, 0.5) is 10.5 Å². The van der Waals surface area contributed by atoms with Gasteiger partial charge in [-0.1, -0.05) is 42.5 Å². The smallest absolute Gasteiger partial charge is 0.408 e. The number of rotatable bonds is 8. The number of ether oxygens (including phenoxy) is 1. The van der Waals surface area contributed by atoms with E-state index in [1.807, 2.05) is 49.4 Å². The van der Waals surface area contributed by atoms with Gasteiger partial charge in [0.2, 0.25) is 11.8 Å². The van der Waals surface area contributed by atoms with Gasteiger partial charge in [0.15, 0.2) is 0 Å². The Labute approximate surface area is 157 Å². The van der Waals surface area contributed by atoms with E-state index in [1.165, 1.54) is 0 Å². The van der Waals surface area contributed by atoms with Crippen molar-refractivity contribution in [2.45, 2.75) is 32.4 Å². The maximum absolute atomic E-state index is 12.5. The zero-order valence-corrected chi connectivity index (χ0v) is 15.1. The van der Waals surface area contributed by atoms with E-state index < -0.39 is 23.9 Å². The van der Waals surface area contributed by atoms with E-state index in [0.717, 1.165) is 11.1 Å². The van der Waals surface area contributed by atoms with Crippen LogP contribution in [0.25, 0.3) is 0 Å². The van der Waals surface area contributed by atoms with Crippen LogP contribution in [0.1, 0.15) is 24.0 Å². The average Bonchev–Trinajstić information content (AvgIpc) is 2.64. The zero-order valence-electron chi connectivity index (χ0n) is 15.1. The van der Waals surface area contributed by atoms with Crippen LogP contribution >= 0.6 is 0 Å². The van der Waals surface area contributed by atoms with E-state index in [1.54, 1.807) is 12.1 Å². The van der Waals surface area contributed by atoms with Gasteiger partial charge in [-0.2, -0.15) is 0 Å². The topological polar surface area (TPSA) is 111 Å². The molecular formula is C20H23N3O4. The number of nitrogens with two attached hydrogens (primary N) is 1. The molecule has 0 aliphatic carbocycles. The summed E-state index contributed by atoms with van der Waals surface area (Å²) < 4.78 is 5.14. The van der Waals surface area contributed by atoms with Crippen LogP contribution in [0.2, 0.25) is 0 Å². The van der Waals surface area contributed by atoms with E-state index in [2.05, 4.69) is 10.6 Å². The second-order valence-corrected chi connectivity index (χ2v) is 6.12. The van der Waals surface area contributed by atoms with Crippen LogP contribution < -0.4 is 16.4 Å². The van der Waals surface area contributed by atoms with Crippen LogP contribution in [-0.4, -0.2) is 23.9 Å². The highest BCUT2D eigenvalue weighted by molar-refractivity contribution is 5.96. The van der Waals surface area contributed by atoms with Gasteiger partial charge >= 0.3 is 6.09 Å². The quantitative estimate of drug-likeness (QED) is 0.664. The number of primary amides is 1. The summed E-state index contributed by atoms with van der Waals surface area (Å²) in [5.74, 6) is -0.999. The Morgan fingerprint density at radius 2 is 1.81 bits per heavy atom. The number of benzene rings is 2. The standard InChI is InChI=1S/C20H23N3O4/c1-14-6-5-9-16(12-14)22-19(25)17(10-11-18(21)24)23-20(26)27-13-15-7-3-2-4-8-15/h2-9,12,17H,10-11,13H2,1H3,(H2,21,24)(H,22,25)(H,23,26)/t17-/m0/s1. The van der Waals surface area contributed by atoms with Crippen molar-refractivity contribution in [3.63, 3.8) is 0 Å². The molecule has 27 heavy (non-hydrogen) atoms. The molecule has 0 heterocycles. The molecule has 142 valence electrons. The van der Waals surface area contributed by atoms with Crippen LogP contribution in [0, 0.1) is 6.92 Å². The summed E-state index contributed by atoms with van der Waals surface area (Å²) in [5.41, 5.74) is 7.57. The van der Waals surface area contributed by atoms with Gasteiger partial charge in [0.1, 0.15) is 12.6 Å². The fraction of sp³-hybridized carbons (Fsp3) is 0.250. The molecule has 0 aromatic heterocycles. The third kappa shape index (κ3) is 7.19. The third-order valence-corrected chi connectivity index (χ3v) is 3.79. The summed E-state index contributed by atoms with van der Waals surface area (Å²) in [4.78, 5) is 35.6. The lowest BCUT2D eigenvalue weighted by Gasteiger charge is -2.18. The first-order valence-corrected chi connectivity index (χ1v) is 8.57. The maximum atomic E-state index is 12.5. The summed E-state index contributed by atoms with van der Waals surface area (Å²) in [5, 5.41) is 5.22. The van der Waals surface area contributed by atoms with Gasteiger partial charge in [0, 0.05) is 12.1 Å². The Balaban J connectivity index is 1.96. The van der Waals surface area contributed by atoms with Gasteiger partial charge in [0.05, 0.1) is 0 Å². The van der Waals surface area contributed by atoms with E-state index in [9.17, 15) is 14.4 Å². The molecular weight excluding hydrogens is 346 g/mol. The highest BCUT2D eigenvalue weighted by Gasteiger charge is 2.22. The second kappa shape index (κ2) is 9.96. The average molecular weight is 369 g/mol. The third-order valence-electron chi connectivity index (χ3n) is 3.79. The summed E-state index contributed by atoms with van der Waals surface area (Å²) in [6.45, 7) is 1.98. The number of anilines is 1. The first-order chi connectivity index (χ1) is 12.9. The molecule has 0 bridgehead atoms. The minimum atomic E-state index is -0.943. The molecule has 0 spiro atoms. The Morgan fingerprint density at radius 3 is 2.48 bits per heavy atom. The molecule has 1 atom stereocenters. The van der Waals surface area contributed by atoms with Crippen molar-refractivity contribution in [2.24, 2.45) is 5.73 Å². The molecule has 2 rings (SSSR count). The minimum Gasteiger partial charge on any atom is -0.445 e. The van der Waals surface area contributed by atoms with Gasteiger partial charge < -0.3 is 21.1 Å². The van der Waals surface area contributed by atoms with E-state index in [0.29, 0.717) is 5.69 Å². The molecule has 4 N–H and O–H groups in total. The normalized spacial score (nSPS) is 11.3. The highest BCUT2D eigenvalue weighted by atomic mass is 16.5. The molecule has 3 amide bonds. The fourth-order valence-electron chi connectivity index (χ4n) is 2.41. The summed E-state index contributed by atoms with van der Waals surface area (Å²) in [6, 6.07) is 15.5. The highest BCUT2D eigenvalue weighted by Crippen LogP contribution is 2.11. The van der Waals surface area contributed by atoms with Crippen LogP contribution in [0.15, 0.2) is 54.6 Å². The Bertz CT molecular complexity index is 793. The number of carbonyl (C=O) groups excluding carboxylic acids is 3. The molecule has 0 radical (unpaired) electrons. The predicted octanol–water partition coefficient (Wildman–Crippen LogP) is 2.49. The molecule has 2 aromatic carbocycles. The van der Waals surface area contributed by atoms with E-state index in [4.69, 9.17) is 10.5 Å². The molecule has 0 saturated heterocycles. The van der Waals surface area contributed by atoms with E-state index in [-0.39, 0.29) is 19.4 Å². The minimum absolute atomic E-state index is 0.0368. The molecule has 2 aromatic rings. The molecule has 0 aliphatic heterocycles. The summed E-state index contributed by atoms with van der Waals surface area (Å²) in [6.07, 6.45) is -0.703. The van der Waals surface area contributed by atoms with Gasteiger partial charge in [-0.05, 0) is 36.6 Å². The first kappa shape index (κ1) is 20.0. The summed E-state index contributed by atoms with van der Waals surface area (Å²) >= 11 is 0. The molecule has 0 saturated carbocycles. The zero-order chi connectivity index (χ0) is 19.6. The predicted molar refractivity (Wildman–Crippen MR) is 102 cm³/mol. The van der Waals surface area contributed by atoms with Crippen molar-refractivity contribution in [3.05, 3.63) is 65.7 Å². The number of hydrogen-bond acceptors (Lipinski definition) is 4.